The zero-order chi connectivity index (χ0) is 37.6. The van der Waals surface area contributed by atoms with Gasteiger partial charge in [0.05, 0.1) is 0 Å². The SMILES string of the molecule is CC1(C)c2ccccc2-c2cc(N(c3cccc(-c4ccc5ccccc5c4-c4ccccc4)c3)c3ccc(C4C=CC=CC4)c(-c4ccccc4)c3)ccc21. The van der Waals surface area contributed by atoms with Gasteiger partial charge in [-0.15, -0.1) is 0 Å². The van der Waals surface area contributed by atoms with Gasteiger partial charge < -0.3 is 4.90 Å². The van der Waals surface area contributed by atoms with Gasteiger partial charge in [-0.2, -0.15) is 0 Å². The molecule has 1 heteroatoms. The molecule has 10 rings (SSSR count). The van der Waals surface area contributed by atoms with Crippen molar-refractivity contribution in [2.45, 2.75) is 31.6 Å². The molecule has 1 unspecified atom stereocenters. The molecule has 2 aliphatic rings. The number of hydrogen-bond donors (Lipinski definition) is 0. The molecule has 268 valence electrons. The fourth-order valence-corrected chi connectivity index (χ4v) is 9.22. The van der Waals surface area contributed by atoms with Crippen LogP contribution in [0.3, 0.4) is 0 Å². The van der Waals surface area contributed by atoms with Crippen molar-refractivity contribution in [1.82, 2.24) is 0 Å². The summed E-state index contributed by atoms with van der Waals surface area (Å²) >= 11 is 0. The molecule has 0 amide bonds. The number of allylic oxidation sites excluding steroid dienone is 4. The van der Waals surface area contributed by atoms with Crippen molar-refractivity contribution < 1.29 is 0 Å². The molecule has 0 saturated carbocycles. The minimum Gasteiger partial charge on any atom is -0.310 e. The Bertz CT molecular complexity index is 2800. The number of nitrogens with zero attached hydrogens (tertiary/aromatic N) is 1. The van der Waals surface area contributed by atoms with Crippen LogP contribution in [0, 0.1) is 0 Å². The highest BCUT2D eigenvalue weighted by molar-refractivity contribution is 6.04. The summed E-state index contributed by atoms with van der Waals surface area (Å²) in [6.45, 7) is 4.71. The highest BCUT2D eigenvalue weighted by Gasteiger charge is 2.35. The van der Waals surface area contributed by atoms with Crippen molar-refractivity contribution in [2.75, 3.05) is 4.90 Å². The van der Waals surface area contributed by atoms with Gasteiger partial charge in [-0.1, -0.05) is 184 Å². The average Bonchev–Trinajstić information content (AvgIpc) is 3.49. The fraction of sp³-hybridized carbons (Fsp3) is 0.0909. The van der Waals surface area contributed by atoms with E-state index in [0.29, 0.717) is 5.92 Å². The Morgan fingerprint density at radius 2 is 1.12 bits per heavy atom. The van der Waals surface area contributed by atoms with E-state index in [9.17, 15) is 0 Å². The van der Waals surface area contributed by atoms with Crippen molar-refractivity contribution in [3.63, 3.8) is 0 Å². The zero-order valence-corrected chi connectivity index (χ0v) is 31.9. The Balaban J connectivity index is 1.19. The van der Waals surface area contributed by atoms with Gasteiger partial charge in [0, 0.05) is 28.4 Å². The number of hydrogen-bond acceptors (Lipinski definition) is 1. The average molecular weight is 718 g/mol. The second kappa shape index (κ2) is 13.9. The zero-order valence-electron chi connectivity index (χ0n) is 31.9. The van der Waals surface area contributed by atoms with Crippen molar-refractivity contribution in [1.29, 1.82) is 0 Å². The van der Waals surface area contributed by atoms with E-state index < -0.39 is 0 Å². The molecule has 8 aromatic carbocycles. The van der Waals surface area contributed by atoms with E-state index in [2.05, 4.69) is 225 Å². The first-order valence-corrected chi connectivity index (χ1v) is 19.8. The summed E-state index contributed by atoms with van der Waals surface area (Å²) in [6, 6.07) is 67.3. The molecule has 0 radical (unpaired) electrons. The first-order chi connectivity index (χ1) is 27.5. The Morgan fingerprint density at radius 1 is 0.464 bits per heavy atom. The lowest BCUT2D eigenvalue weighted by atomic mass is 9.82. The maximum absolute atomic E-state index is 2.47. The van der Waals surface area contributed by atoms with Crippen LogP contribution in [-0.4, -0.2) is 0 Å². The van der Waals surface area contributed by atoms with E-state index in [4.69, 9.17) is 0 Å². The summed E-state index contributed by atoms with van der Waals surface area (Å²) in [4.78, 5) is 2.47. The minimum absolute atomic E-state index is 0.0663. The number of rotatable bonds is 7. The predicted molar refractivity (Wildman–Crippen MR) is 238 cm³/mol. The van der Waals surface area contributed by atoms with Crippen LogP contribution in [0.25, 0.3) is 55.3 Å². The number of benzene rings is 8. The van der Waals surface area contributed by atoms with E-state index in [1.807, 2.05) is 0 Å². The monoisotopic (exact) mass is 717 g/mol. The lowest BCUT2D eigenvalue weighted by Crippen LogP contribution is -2.15. The molecule has 8 aromatic rings. The molecule has 0 spiro atoms. The van der Waals surface area contributed by atoms with E-state index in [0.717, 1.165) is 23.5 Å². The van der Waals surface area contributed by atoms with Gasteiger partial charge in [0.25, 0.3) is 0 Å². The normalized spacial score (nSPS) is 15.1. The molecule has 0 aromatic heterocycles. The topological polar surface area (TPSA) is 3.24 Å². The van der Waals surface area contributed by atoms with Crippen molar-refractivity contribution in [2.24, 2.45) is 0 Å². The van der Waals surface area contributed by atoms with Gasteiger partial charge in [-0.05, 0) is 115 Å². The third kappa shape index (κ3) is 5.79. The predicted octanol–water partition coefficient (Wildman–Crippen LogP) is 15.2. The summed E-state index contributed by atoms with van der Waals surface area (Å²) in [6.07, 6.45) is 9.97. The van der Waals surface area contributed by atoms with E-state index in [1.54, 1.807) is 0 Å². The smallest absolute Gasteiger partial charge is 0.0468 e. The highest BCUT2D eigenvalue weighted by atomic mass is 15.1. The van der Waals surface area contributed by atoms with Crippen LogP contribution >= 0.6 is 0 Å². The highest BCUT2D eigenvalue weighted by Crippen LogP contribution is 2.51. The van der Waals surface area contributed by atoms with Gasteiger partial charge in [-0.3, -0.25) is 0 Å². The molecule has 0 fully saturated rings. The molecule has 0 N–H and O–H groups in total. The van der Waals surface area contributed by atoms with E-state index in [-0.39, 0.29) is 5.41 Å². The van der Waals surface area contributed by atoms with Crippen LogP contribution in [0.5, 0.6) is 0 Å². The van der Waals surface area contributed by atoms with Crippen molar-refractivity contribution >= 4 is 27.8 Å². The molecule has 0 saturated heterocycles. The molecule has 0 aliphatic heterocycles. The molecule has 1 atom stereocenters. The Labute approximate surface area is 330 Å². The maximum atomic E-state index is 2.47. The van der Waals surface area contributed by atoms with Crippen molar-refractivity contribution in [3.05, 3.63) is 223 Å². The third-order valence-corrected chi connectivity index (χ3v) is 12.0. The third-order valence-electron chi connectivity index (χ3n) is 12.0. The second-order valence-electron chi connectivity index (χ2n) is 15.7. The summed E-state index contributed by atoms with van der Waals surface area (Å²) < 4.78 is 0. The second-order valence-corrected chi connectivity index (χ2v) is 15.7. The van der Waals surface area contributed by atoms with E-state index in [1.165, 1.54) is 72.0 Å². The number of anilines is 3. The van der Waals surface area contributed by atoms with Crippen LogP contribution < -0.4 is 4.90 Å². The molecule has 0 heterocycles. The molecule has 56 heavy (non-hydrogen) atoms. The molecule has 0 bridgehead atoms. The molecular weight excluding hydrogens is 675 g/mol. The first-order valence-electron chi connectivity index (χ1n) is 19.8. The van der Waals surface area contributed by atoms with Gasteiger partial charge in [0.1, 0.15) is 0 Å². The lowest BCUT2D eigenvalue weighted by Gasteiger charge is -2.29. The Morgan fingerprint density at radius 3 is 1.93 bits per heavy atom. The summed E-state index contributed by atoms with van der Waals surface area (Å²) in [5.74, 6) is 0.323. The Hall–Kier alpha value is -6.70. The molecular formula is C55H43N. The van der Waals surface area contributed by atoms with Crippen LogP contribution in [0.1, 0.15) is 42.9 Å². The Kier molecular flexibility index (Phi) is 8.37. The van der Waals surface area contributed by atoms with Crippen LogP contribution in [0.4, 0.5) is 17.1 Å². The largest absolute Gasteiger partial charge is 0.310 e. The number of fused-ring (bicyclic) bond motifs is 4. The molecule has 2 aliphatic carbocycles. The first kappa shape index (κ1) is 33.8. The lowest BCUT2D eigenvalue weighted by molar-refractivity contribution is 0.660. The summed E-state index contributed by atoms with van der Waals surface area (Å²) in [7, 11) is 0. The fourth-order valence-electron chi connectivity index (χ4n) is 9.22. The van der Waals surface area contributed by atoms with Crippen LogP contribution in [-0.2, 0) is 5.41 Å². The van der Waals surface area contributed by atoms with Gasteiger partial charge in [0.2, 0.25) is 0 Å². The van der Waals surface area contributed by atoms with Gasteiger partial charge >= 0.3 is 0 Å². The van der Waals surface area contributed by atoms with Gasteiger partial charge in [0.15, 0.2) is 0 Å². The summed E-state index contributed by atoms with van der Waals surface area (Å²) in [5.41, 5.74) is 17.4. The van der Waals surface area contributed by atoms with E-state index >= 15 is 0 Å². The standard InChI is InChI=1S/C55H43N/c1-55(2)52-28-15-14-27-49(52)51-37-45(31-34-53(51)55)56(44-30-33-46(38-17-6-3-7-18-38)50(36-44)39-19-8-4-9-20-39)43-25-16-24-42(35-43)48-32-29-40-21-12-13-26-47(40)54(48)41-22-10-5-11-23-41/h3-17,19-38H,18H2,1-2H3. The molecule has 1 nitrogen and oxygen atoms in total. The van der Waals surface area contributed by atoms with Crippen molar-refractivity contribution in [3.8, 4) is 44.5 Å². The van der Waals surface area contributed by atoms with Crippen LogP contribution in [0.2, 0.25) is 0 Å². The quantitative estimate of drug-likeness (QED) is 0.159. The maximum Gasteiger partial charge on any atom is 0.0468 e. The van der Waals surface area contributed by atoms with Gasteiger partial charge in [-0.25, -0.2) is 0 Å². The minimum atomic E-state index is -0.0663. The summed E-state index contributed by atoms with van der Waals surface area (Å²) in [5, 5.41) is 2.50. The van der Waals surface area contributed by atoms with Crippen LogP contribution in [0.15, 0.2) is 206 Å².